The molecule has 1 aliphatic carbocycles. The van der Waals surface area contributed by atoms with Gasteiger partial charge in [0.05, 0.1) is 11.6 Å². The number of aliphatic hydroxyl groups is 1. The van der Waals surface area contributed by atoms with E-state index >= 15 is 0 Å². The standard InChI is InChI=1S/C22H26F3N7O2/c1-20(34)9-30(10-20)17-3-2-14(6-26-17)15-7-29(8-15)19(33)31-11-21(12-31)4-16(5-21)32-13-27-18(28-32)22(23,24)25/h2-3,6,13,15-16,34H,4-5,7-12H2,1H3. The SMILES string of the molecule is CC1(O)CN(c2ccc(C3CN(C(=O)N4CC5(CC(n6cnc(C(F)(F)F)n6)C5)C4)C3)cn2)C1. The molecule has 4 fully saturated rings. The van der Waals surface area contributed by atoms with Crippen molar-refractivity contribution in [2.24, 2.45) is 5.41 Å². The molecule has 4 aliphatic rings. The third-order valence-corrected chi connectivity index (χ3v) is 7.58. The molecule has 2 amide bonds. The zero-order valence-corrected chi connectivity index (χ0v) is 18.7. The maximum atomic E-state index is 12.8. The highest BCUT2D eigenvalue weighted by Gasteiger charge is 2.56. The van der Waals surface area contributed by atoms with Gasteiger partial charge in [-0.2, -0.15) is 13.2 Å². The van der Waals surface area contributed by atoms with Gasteiger partial charge in [0.15, 0.2) is 0 Å². The molecule has 12 heteroatoms. The predicted octanol–water partition coefficient (Wildman–Crippen LogP) is 2.12. The summed E-state index contributed by atoms with van der Waals surface area (Å²) in [6.45, 7) is 5.56. The molecule has 0 unspecified atom stereocenters. The Morgan fingerprint density at radius 3 is 2.35 bits per heavy atom. The van der Waals surface area contributed by atoms with Crippen molar-refractivity contribution in [3.05, 3.63) is 36.0 Å². The van der Waals surface area contributed by atoms with Gasteiger partial charge in [0.2, 0.25) is 0 Å². The Labute approximate surface area is 194 Å². The Morgan fingerprint density at radius 2 is 1.79 bits per heavy atom. The number of alkyl halides is 3. The molecule has 5 heterocycles. The number of carbonyl (C=O) groups excluding carboxylic acids is 1. The molecular formula is C22H26F3N7O2. The van der Waals surface area contributed by atoms with E-state index in [0.29, 0.717) is 52.1 Å². The largest absolute Gasteiger partial charge is 0.453 e. The van der Waals surface area contributed by atoms with Crippen LogP contribution in [-0.2, 0) is 6.18 Å². The van der Waals surface area contributed by atoms with Crippen molar-refractivity contribution in [2.75, 3.05) is 44.2 Å². The zero-order chi connectivity index (χ0) is 23.9. The Hall–Kier alpha value is -2.89. The van der Waals surface area contributed by atoms with Crippen molar-refractivity contribution in [3.8, 4) is 0 Å². The molecule has 0 radical (unpaired) electrons. The monoisotopic (exact) mass is 477 g/mol. The van der Waals surface area contributed by atoms with Gasteiger partial charge in [0.1, 0.15) is 12.1 Å². The summed E-state index contributed by atoms with van der Waals surface area (Å²) in [5.74, 6) is 0.0148. The van der Waals surface area contributed by atoms with E-state index in [1.54, 1.807) is 0 Å². The van der Waals surface area contributed by atoms with Crippen LogP contribution in [0.25, 0.3) is 0 Å². The second-order valence-electron chi connectivity index (χ2n) is 10.7. The number of amides is 2. The van der Waals surface area contributed by atoms with Crippen LogP contribution in [0.1, 0.15) is 43.1 Å². The highest BCUT2D eigenvalue weighted by atomic mass is 19.4. The molecule has 2 aromatic heterocycles. The summed E-state index contributed by atoms with van der Waals surface area (Å²) in [6, 6.07) is 3.95. The zero-order valence-electron chi connectivity index (χ0n) is 18.7. The van der Waals surface area contributed by atoms with Gasteiger partial charge in [-0.15, -0.1) is 5.10 Å². The van der Waals surface area contributed by atoms with E-state index in [1.165, 1.54) is 4.68 Å². The van der Waals surface area contributed by atoms with Crippen LogP contribution >= 0.6 is 0 Å². The summed E-state index contributed by atoms with van der Waals surface area (Å²) in [7, 11) is 0. The Balaban J connectivity index is 0.955. The fraction of sp³-hybridized carbons (Fsp3) is 0.636. The molecule has 1 N–H and O–H groups in total. The lowest BCUT2D eigenvalue weighted by atomic mass is 9.61. The number of pyridine rings is 1. The summed E-state index contributed by atoms with van der Waals surface area (Å²) in [5, 5.41) is 13.4. The third-order valence-electron chi connectivity index (χ3n) is 7.58. The molecule has 2 aromatic rings. The molecule has 34 heavy (non-hydrogen) atoms. The first kappa shape index (κ1) is 21.6. The number of halogens is 3. The quantitative estimate of drug-likeness (QED) is 0.729. The van der Waals surface area contributed by atoms with E-state index in [-0.39, 0.29) is 23.4 Å². The molecule has 0 aromatic carbocycles. The summed E-state index contributed by atoms with van der Waals surface area (Å²) in [4.78, 5) is 26.3. The maximum absolute atomic E-state index is 12.8. The normalized spacial score (nSPS) is 23.9. The van der Waals surface area contributed by atoms with E-state index in [0.717, 1.165) is 17.7 Å². The van der Waals surface area contributed by atoms with E-state index in [2.05, 4.69) is 15.1 Å². The van der Waals surface area contributed by atoms with E-state index in [1.807, 2.05) is 40.0 Å². The minimum absolute atomic E-state index is 0.00377. The molecule has 0 atom stereocenters. The molecule has 3 saturated heterocycles. The average Bonchev–Trinajstić information content (AvgIpc) is 3.13. The highest BCUT2D eigenvalue weighted by molar-refractivity contribution is 5.77. The number of anilines is 1. The highest BCUT2D eigenvalue weighted by Crippen LogP contribution is 2.54. The molecule has 1 spiro atoms. The topological polar surface area (TPSA) is 90.6 Å². The molecular weight excluding hydrogens is 451 g/mol. The third kappa shape index (κ3) is 3.58. The molecule has 0 bridgehead atoms. The second-order valence-corrected chi connectivity index (χ2v) is 10.7. The summed E-state index contributed by atoms with van der Waals surface area (Å²) >= 11 is 0. The van der Waals surface area contributed by atoms with Gasteiger partial charge < -0.3 is 19.8 Å². The number of aromatic nitrogens is 4. The van der Waals surface area contributed by atoms with Crippen molar-refractivity contribution >= 4 is 11.8 Å². The minimum atomic E-state index is -4.53. The lowest BCUT2D eigenvalue weighted by molar-refractivity contribution is -0.145. The van der Waals surface area contributed by atoms with Crippen LogP contribution in [0.5, 0.6) is 0 Å². The van der Waals surface area contributed by atoms with Crippen LogP contribution in [0.3, 0.4) is 0 Å². The Bertz CT molecular complexity index is 1090. The lowest BCUT2D eigenvalue weighted by Gasteiger charge is -2.60. The Kier molecular flexibility index (Phi) is 4.49. The van der Waals surface area contributed by atoms with Crippen LogP contribution in [0.2, 0.25) is 0 Å². The molecule has 182 valence electrons. The van der Waals surface area contributed by atoms with Crippen molar-refractivity contribution in [2.45, 2.75) is 43.5 Å². The second kappa shape index (κ2) is 7.06. The molecule has 3 aliphatic heterocycles. The molecule has 1 saturated carbocycles. The van der Waals surface area contributed by atoms with Gasteiger partial charge in [-0.1, -0.05) is 6.07 Å². The first-order valence-corrected chi connectivity index (χ1v) is 11.5. The maximum Gasteiger partial charge on any atom is 0.453 e. The van der Waals surface area contributed by atoms with Crippen LogP contribution in [0.4, 0.5) is 23.8 Å². The smallest absolute Gasteiger partial charge is 0.386 e. The van der Waals surface area contributed by atoms with Crippen molar-refractivity contribution < 1.29 is 23.1 Å². The van der Waals surface area contributed by atoms with Crippen molar-refractivity contribution in [3.63, 3.8) is 0 Å². The van der Waals surface area contributed by atoms with Gasteiger partial charge >= 0.3 is 12.2 Å². The molecule has 6 rings (SSSR count). The van der Waals surface area contributed by atoms with Crippen LogP contribution in [-0.4, -0.2) is 85.6 Å². The van der Waals surface area contributed by atoms with Crippen LogP contribution in [0.15, 0.2) is 24.7 Å². The number of hydrogen-bond acceptors (Lipinski definition) is 6. The number of carbonyl (C=O) groups is 1. The number of rotatable bonds is 3. The van der Waals surface area contributed by atoms with E-state index in [9.17, 15) is 23.1 Å². The van der Waals surface area contributed by atoms with Gasteiger partial charge in [-0.3, -0.25) is 0 Å². The number of likely N-dealkylation sites (tertiary alicyclic amines) is 2. The first-order valence-electron chi connectivity index (χ1n) is 11.5. The van der Waals surface area contributed by atoms with Crippen LogP contribution < -0.4 is 4.90 Å². The van der Waals surface area contributed by atoms with Gasteiger partial charge in [-0.05, 0) is 31.4 Å². The summed E-state index contributed by atoms with van der Waals surface area (Å²) in [5.41, 5.74) is 0.460. The first-order chi connectivity index (χ1) is 16.0. The van der Waals surface area contributed by atoms with Gasteiger partial charge in [0.25, 0.3) is 5.82 Å². The Morgan fingerprint density at radius 1 is 1.09 bits per heavy atom. The predicted molar refractivity (Wildman–Crippen MR) is 114 cm³/mol. The van der Waals surface area contributed by atoms with Gasteiger partial charge in [-0.25, -0.2) is 19.4 Å². The molecule has 9 nitrogen and oxygen atoms in total. The number of urea groups is 1. The average molecular weight is 477 g/mol. The van der Waals surface area contributed by atoms with Gasteiger partial charge in [0, 0.05) is 56.8 Å². The number of nitrogens with zero attached hydrogens (tertiary/aromatic N) is 7. The minimum Gasteiger partial charge on any atom is -0.386 e. The number of β-amino-alcohol motifs (C(OH)–C–C–N with tert-alkyl or cyclic N) is 1. The summed E-state index contributed by atoms with van der Waals surface area (Å²) < 4.78 is 39.4. The van der Waals surface area contributed by atoms with Crippen molar-refractivity contribution in [1.82, 2.24) is 29.5 Å². The van der Waals surface area contributed by atoms with Crippen LogP contribution in [0, 0.1) is 5.41 Å². The fourth-order valence-electron chi connectivity index (χ4n) is 5.67. The van der Waals surface area contributed by atoms with Crippen molar-refractivity contribution in [1.29, 1.82) is 0 Å². The van der Waals surface area contributed by atoms with E-state index in [4.69, 9.17) is 0 Å². The van der Waals surface area contributed by atoms with E-state index < -0.39 is 17.6 Å². The lowest BCUT2D eigenvalue weighted by Crippen LogP contribution is -2.67. The summed E-state index contributed by atoms with van der Waals surface area (Å²) in [6.07, 6.45) is -0.0990. The number of hydrogen-bond donors (Lipinski definition) is 1. The fourth-order valence-corrected chi connectivity index (χ4v) is 5.67.